The SMILES string of the molecule is CCCC(C)(C)CC[C@](C)(O)CCC(C)(C)[C@]1(C)CC[C@H]2C(C)(C)c3oncc3C[C@]2(C)[C@H]1CC(C)=O. The van der Waals surface area contributed by atoms with Crippen molar-refractivity contribution >= 4 is 5.78 Å². The van der Waals surface area contributed by atoms with Crippen LogP contribution in [0.4, 0.5) is 0 Å². The molecule has 1 aromatic rings. The van der Waals surface area contributed by atoms with E-state index >= 15 is 0 Å². The minimum atomic E-state index is -0.667. The molecule has 0 saturated heterocycles. The van der Waals surface area contributed by atoms with Crippen molar-refractivity contribution in [3.63, 3.8) is 0 Å². The van der Waals surface area contributed by atoms with Crippen LogP contribution in [0, 0.1) is 33.5 Å². The summed E-state index contributed by atoms with van der Waals surface area (Å²) in [4.78, 5) is 12.8. The summed E-state index contributed by atoms with van der Waals surface area (Å²) in [5.41, 5.74) is 0.694. The predicted molar refractivity (Wildman–Crippen MR) is 153 cm³/mol. The highest BCUT2D eigenvalue weighted by molar-refractivity contribution is 5.76. The number of aromatic nitrogens is 1. The van der Waals surface area contributed by atoms with E-state index in [0.29, 0.717) is 12.3 Å². The molecule has 0 aliphatic heterocycles. The van der Waals surface area contributed by atoms with E-state index in [4.69, 9.17) is 4.52 Å². The van der Waals surface area contributed by atoms with E-state index in [1.807, 2.05) is 13.1 Å². The molecule has 0 bridgehead atoms. The van der Waals surface area contributed by atoms with Gasteiger partial charge in [0.1, 0.15) is 11.5 Å². The van der Waals surface area contributed by atoms with Crippen LogP contribution in [0.15, 0.2) is 10.7 Å². The lowest BCUT2D eigenvalue weighted by Gasteiger charge is -2.65. The quantitative estimate of drug-likeness (QED) is 0.320. The van der Waals surface area contributed by atoms with Crippen molar-refractivity contribution in [3.05, 3.63) is 17.5 Å². The van der Waals surface area contributed by atoms with Crippen molar-refractivity contribution < 1.29 is 14.4 Å². The smallest absolute Gasteiger partial charge is 0.145 e. The van der Waals surface area contributed by atoms with Gasteiger partial charge in [0.15, 0.2) is 0 Å². The molecule has 4 nitrogen and oxygen atoms in total. The van der Waals surface area contributed by atoms with Crippen LogP contribution in [0.3, 0.4) is 0 Å². The standard InChI is InChI=1S/C33H57NO3/c1-12-14-28(3,4)16-18-31(9,36)19-17-29(5,6)33(11)15-13-25-30(7,8)27-24(22-34-37-27)21-32(25,10)26(33)20-23(2)35/h22,25-26,36H,12-21H2,1-11H3/t25-,26+,31-,32-,33+/m0/s1. The largest absolute Gasteiger partial charge is 0.390 e. The molecule has 2 aliphatic rings. The molecule has 0 unspecified atom stereocenters. The van der Waals surface area contributed by atoms with Crippen molar-refractivity contribution in [1.82, 2.24) is 5.16 Å². The molecule has 3 rings (SSSR count). The fourth-order valence-corrected chi connectivity index (χ4v) is 8.79. The Bertz CT molecular complexity index is 955. The number of ketones is 1. The zero-order chi connectivity index (χ0) is 28.1. The summed E-state index contributed by atoms with van der Waals surface area (Å²) in [6.07, 6.45) is 11.7. The summed E-state index contributed by atoms with van der Waals surface area (Å²) < 4.78 is 5.79. The van der Waals surface area contributed by atoms with Crippen molar-refractivity contribution in [1.29, 1.82) is 0 Å². The van der Waals surface area contributed by atoms with Gasteiger partial charge in [-0.3, -0.25) is 0 Å². The molecule has 1 heterocycles. The van der Waals surface area contributed by atoms with E-state index in [1.54, 1.807) is 6.92 Å². The van der Waals surface area contributed by atoms with Gasteiger partial charge in [-0.05, 0) is 98.7 Å². The second-order valence-electron chi connectivity index (χ2n) is 15.8. The van der Waals surface area contributed by atoms with Gasteiger partial charge in [-0.15, -0.1) is 0 Å². The number of nitrogens with zero attached hydrogens (tertiary/aromatic N) is 1. The number of hydrogen-bond acceptors (Lipinski definition) is 4. The maximum Gasteiger partial charge on any atom is 0.145 e. The monoisotopic (exact) mass is 515 g/mol. The minimum absolute atomic E-state index is 0.00771. The second-order valence-corrected chi connectivity index (χ2v) is 15.8. The number of carbonyl (C=O) groups is 1. The van der Waals surface area contributed by atoms with E-state index in [1.165, 1.54) is 18.4 Å². The molecule has 212 valence electrons. The number of carbonyl (C=O) groups excluding carboxylic acids is 1. The van der Waals surface area contributed by atoms with Crippen LogP contribution in [-0.2, 0) is 16.6 Å². The summed E-state index contributed by atoms with van der Waals surface area (Å²) in [6.45, 7) is 25.0. The van der Waals surface area contributed by atoms with Crippen molar-refractivity contribution in [3.8, 4) is 0 Å². The molecule has 1 aromatic heterocycles. The molecule has 0 aromatic carbocycles. The van der Waals surface area contributed by atoms with Gasteiger partial charge in [0.25, 0.3) is 0 Å². The van der Waals surface area contributed by atoms with Gasteiger partial charge < -0.3 is 14.4 Å². The molecule has 0 radical (unpaired) electrons. The van der Waals surface area contributed by atoms with Crippen molar-refractivity contribution in [2.24, 2.45) is 33.5 Å². The summed E-state index contributed by atoms with van der Waals surface area (Å²) in [5, 5.41) is 15.6. The average Bonchev–Trinajstić information content (AvgIpc) is 3.23. The Labute approximate surface area is 227 Å². The summed E-state index contributed by atoms with van der Waals surface area (Å²) in [6, 6.07) is 0. The lowest BCUT2D eigenvalue weighted by molar-refractivity contribution is -0.156. The Balaban J connectivity index is 1.88. The van der Waals surface area contributed by atoms with Crippen molar-refractivity contribution in [2.45, 2.75) is 151 Å². The Hall–Kier alpha value is -1.16. The van der Waals surface area contributed by atoms with Crippen LogP contribution in [0.5, 0.6) is 0 Å². The van der Waals surface area contributed by atoms with Crippen LogP contribution in [0.25, 0.3) is 0 Å². The highest BCUT2D eigenvalue weighted by atomic mass is 16.5. The third-order valence-corrected chi connectivity index (χ3v) is 11.6. The zero-order valence-corrected chi connectivity index (χ0v) is 26.0. The van der Waals surface area contributed by atoms with Crippen LogP contribution >= 0.6 is 0 Å². The normalized spacial score (nSPS) is 31.4. The van der Waals surface area contributed by atoms with E-state index in [0.717, 1.165) is 50.7 Å². The zero-order valence-electron chi connectivity index (χ0n) is 26.0. The first-order valence-corrected chi connectivity index (χ1v) is 15.0. The first-order valence-electron chi connectivity index (χ1n) is 15.0. The van der Waals surface area contributed by atoms with Gasteiger partial charge in [-0.25, -0.2) is 0 Å². The van der Waals surface area contributed by atoms with Gasteiger partial charge in [0.05, 0.1) is 11.8 Å². The molecule has 1 fully saturated rings. The molecule has 4 heteroatoms. The molecule has 0 spiro atoms. The van der Waals surface area contributed by atoms with Crippen molar-refractivity contribution in [2.75, 3.05) is 0 Å². The van der Waals surface area contributed by atoms with E-state index < -0.39 is 5.60 Å². The predicted octanol–water partition coefficient (Wildman–Crippen LogP) is 8.69. The van der Waals surface area contributed by atoms with E-state index in [9.17, 15) is 9.90 Å². The fourth-order valence-electron chi connectivity index (χ4n) is 8.79. The molecule has 1 N–H and O–H groups in total. The summed E-state index contributed by atoms with van der Waals surface area (Å²) in [7, 11) is 0. The Kier molecular flexibility index (Phi) is 8.30. The Morgan fingerprint density at radius 3 is 2.27 bits per heavy atom. The van der Waals surface area contributed by atoms with Gasteiger partial charge >= 0.3 is 0 Å². The lowest BCUT2D eigenvalue weighted by Crippen LogP contribution is -2.60. The summed E-state index contributed by atoms with van der Waals surface area (Å²) >= 11 is 0. The van der Waals surface area contributed by atoms with E-state index in [2.05, 4.69) is 67.5 Å². The van der Waals surface area contributed by atoms with Crippen LogP contribution in [0.2, 0.25) is 0 Å². The first-order chi connectivity index (χ1) is 16.8. The maximum atomic E-state index is 12.8. The Morgan fingerprint density at radius 1 is 1.05 bits per heavy atom. The molecule has 1 saturated carbocycles. The van der Waals surface area contributed by atoms with Gasteiger partial charge in [-0.1, -0.05) is 73.9 Å². The first kappa shape index (κ1) is 30.4. The minimum Gasteiger partial charge on any atom is -0.390 e. The average molecular weight is 516 g/mol. The second kappa shape index (κ2) is 10.1. The van der Waals surface area contributed by atoms with Gasteiger partial charge in [0, 0.05) is 17.4 Å². The van der Waals surface area contributed by atoms with E-state index in [-0.39, 0.29) is 38.8 Å². The molecule has 5 atom stereocenters. The number of Topliss-reactive ketones (excluding diaryl/α,β-unsaturated/α-hetero) is 1. The molecule has 0 amide bonds. The van der Waals surface area contributed by atoms with Gasteiger partial charge in [0.2, 0.25) is 0 Å². The highest BCUT2D eigenvalue weighted by Crippen LogP contribution is 2.68. The third kappa shape index (κ3) is 5.75. The van der Waals surface area contributed by atoms with Gasteiger partial charge in [-0.2, -0.15) is 0 Å². The van der Waals surface area contributed by atoms with Crippen LogP contribution in [0.1, 0.15) is 145 Å². The molecule has 37 heavy (non-hydrogen) atoms. The number of fused-ring (bicyclic) bond motifs is 2. The number of aliphatic hydroxyl groups is 1. The fraction of sp³-hybridized carbons (Fsp3) is 0.879. The molecular formula is C33H57NO3. The lowest BCUT2D eigenvalue weighted by atomic mass is 9.39. The molecular weight excluding hydrogens is 458 g/mol. The maximum absolute atomic E-state index is 12.8. The number of rotatable bonds is 11. The number of hydrogen-bond donors (Lipinski definition) is 1. The topological polar surface area (TPSA) is 63.3 Å². The molecule has 2 aliphatic carbocycles. The van der Waals surface area contributed by atoms with Crippen LogP contribution in [-0.4, -0.2) is 21.6 Å². The third-order valence-electron chi connectivity index (χ3n) is 11.6. The Morgan fingerprint density at radius 2 is 1.68 bits per heavy atom. The van der Waals surface area contributed by atoms with Crippen LogP contribution < -0.4 is 0 Å². The summed E-state index contributed by atoms with van der Waals surface area (Å²) in [5.74, 6) is 2.04. The highest BCUT2D eigenvalue weighted by Gasteiger charge is 2.63.